The molecule has 0 aliphatic heterocycles. The maximum absolute atomic E-state index is 9.99. The molecule has 0 aromatic carbocycles. The third kappa shape index (κ3) is 2.04. The van der Waals surface area contributed by atoms with Gasteiger partial charge in [-0.05, 0) is 19.1 Å². The van der Waals surface area contributed by atoms with Crippen molar-refractivity contribution in [3.8, 4) is 0 Å². The lowest BCUT2D eigenvalue weighted by Crippen LogP contribution is -2.16. The van der Waals surface area contributed by atoms with E-state index in [1.807, 2.05) is 10.8 Å². The van der Waals surface area contributed by atoms with Crippen molar-refractivity contribution in [2.75, 3.05) is 18.6 Å². The summed E-state index contributed by atoms with van der Waals surface area (Å²) in [7, 11) is 0. The minimum atomic E-state index is -0.489. The summed E-state index contributed by atoms with van der Waals surface area (Å²) in [6.45, 7) is -0.00395. The van der Waals surface area contributed by atoms with E-state index in [-0.39, 0.29) is 18.6 Å². The minimum absolute atomic E-state index is 0.00395. The second-order valence-corrected chi connectivity index (χ2v) is 5.81. The van der Waals surface area contributed by atoms with E-state index < -0.39 is 6.10 Å². The molecule has 1 fully saturated rings. The Hall–Kier alpha value is -1.38. The topological polar surface area (TPSA) is 110 Å². The zero-order valence-corrected chi connectivity index (χ0v) is 11.9. The average molecular weight is 295 g/mol. The highest BCUT2D eigenvalue weighted by Crippen LogP contribution is 2.39. The maximum atomic E-state index is 9.99. The average Bonchev–Trinajstić information content (AvgIpc) is 2.99. The van der Waals surface area contributed by atoms with E-state index in [1.165, 1.54) is 18.1 Å². The van der Waals surface area contributed by atoms with Gasteiger partial charge in [-0.2, -0.15) is 0 Å². The zero-order chi connectivity index (χ0) is 14.3. The molecular formula is C12H17N5O2S. The van der Waals surface area contributed by atoms with E-state index >= 15 is 0 Å². The number of anilines is 1. The normalized spacial score (nSPS) is 26.4. The fourth-order valence-electron chi connectivity index (χ4n) is 2.86. The first-order chi connectivity index (χ1) is 9.65. The predicted octanol–water partition coefficient (Wildman–Crippen LogP) is 0.435. The quantitative estimate of drug-likeness (QED) is 0.704. The van der Waals surface area contributed by atoms with Gasteiger partial charge in [-0.3, -0.25) is 0 Å². The van der Waals surface area contributed by atoms with E-state index in [4.69, 9.17) is 5.73 Å². The smallest absolute Gasteiger partial charge is 0.170 e. The molecule has 0 spiro atoms. The third-order valence-electron chi connectivity index (χ3n) is 3.89. The standard InChI is InChI=1S/C12H17N5O2S/c1-20-12-16-9-10(13)14-5-15-11(9)17(12)7-2-6(4-18)8(19)3-7/h5-8,18-19H,2-4H2,1H3,(H2,13,14,15)/t6-,7-,8-/m1/s1. The van der Waals surface area contributed by atoms with Crippen LogP contribution in [-0.2, 0) is 0 Å². The lowest BCUT2D eigenvalue weighted by molar-refractivity contribution is 0.0906. The van der Waals surface area contributed by atoms with Crippen LogP contribution in [-0.4, -0.2) is 48.7 Å². The Kier molecular flexibility index (Phi) is 3.53. The molecule has 0 unspecified atom stereocenters. The van der Waals surface area contributed by atoms with E-state index in [1.54, 1.807) is 0 Å². The summed E-state index contributed by atoms with van der Waals surface area (Å²) in [5, 5.41) is 20.1. The Bertz CT molecular complexity index is 632. The highest BCUT2D eigenvalue weighted by atomic mass is 32.2. The molecular weight excluding hydrogens is 278 g/mol. The molecule has 2 aromatic heterocycles. The second-order valence-electron chi connectivity index (χ2n) is 5.03. The van der Waals surface area contributed by atoms with Crippen LogP contribution < -0.4 is 5.73 Å². The summed E-state index contributed by atoms with van der Waals surface area (Å²) >= 11 is 1.51. The molecule has 8 heteroatoms. The van der Waals surface area contributed by atoms with Gasteiger partial charge in [0, 0.05) is 18.6 Å². The van der Waals surface area contributed by atoms with Gasteiger partial charge in [-0.15, -0.1) is 0 Å². The third-order valence-corrected chi connectivity index (χ3v) is 4.54. The van der Waals surface area contributed by atoms with Crippen molar-refractivity contribution < 1.29 is 10.2 Å². The first-order valence-corrected chi connectivity index (χ1v) is 7.69. The summed E-state index contributed by atoms with van der Waals surface area (Å²) in [6, 6.07) is 0.0731. The Balaban J connectivity index is 2.09. The van der Waals surface area contributed by atoms with Crippen molar-refractivity contribution in [1.82, 2.24) is 19.5 Å². The molecule has 0 saturated heterocycles. The zero-order valence-electron chi connectivity index (χ0n) is 11.1. The number of fused-ring (bicyclic) bond motifs is 1. The van der Waals surface area contributed by atoms with Gasteiger partial charge in [0.1, 0.15) is 6.33 Å². The molecule has 1 aliphatic carbocycles. The first-order valence-electron chi connectivity index (χ1n) is 6.47. The number of nitrogens with two attached hydrogens (primary N) is 1. The van der Waals surface area contributed by atoms with Gasteiger partial charge in [0.05, 0.1) is 6.10 Å². The highest BCUT2D eigenvalue weighted by Gasteiger charge is 2.35. The van der Waals surface area contributed by atoms with Crippen LogP contribution in [0.25, 0.3) is 11.2 Å². The van der Waals surface area contributed by atoms with E-state index in [2.05, 4.69) is 15.0 Å². The van der Waals surface area contributed by atoms with Crippen molar-refractivity contribution in [2.24, 2.45) is 5.92 Å². The molecule has 1 aliphatic rings. The fourth-order valence-corrected chi connectivity index (χ4v) is 3.48. The summed E-state index contributed by atoms with van der Waals surface area (Å²) in [5.74, 6) is 0.271. The predicted molar refractivity (Wildman–Crippen MR) is 76.4 cm³/mol. The number of aromatic nitrogens is 4. The van der Waals surface area contributed by atoms with Gasteiger partial charge < -0.3 is 20.5 Å². The number of aliphatic hydroxyl groups excluding tert-OH is 2. The molecule has 0 radical (unpaired) electrons. The van der Waals surface area contributed by atoms with Gasteiger partial charge in [0.15, 0.2) is 22.1 Å². The number of hydrogen-bond acceptors (Lipinski definition) is 7. The molecule has 4 N–H and O–H groups in total. The number of imidazole rings is 1. The van der Waals surface area contributed by atoms with Crippen LogP contribution in [0.5, 0.6) is 0 Å². The molecule has 0 bridgehead atoms. The van der Waals surface area contributed by atoms with Crippen molar-refractivity contribution in [3.63, 3.8) is 0 Å². The van der Waals surface area contributed by atoms with Crippen molar-refractivity contribution in [1.29, 1.82) is 0 Å². The van der Waals surface area contributed by atoms with Crippen LogP contribution in [0.4, 0.5) is 5.82 Å². The molecule has 3 rings (SSSR count). The summed E-state index contributed by atoms with van der Waals surface area (Å²) in [6.07, 6.45) is 4.18. The lowest BCUT2D eigenvalue weighted by Gasteiger charge is -2.14. The van der Waals surface area contributed by atoms with E-state index in [9.17, 15) is 10.2 Å². The van der Waals surface area contributed by atoms with Gasteiger partial charge in [-0.25, -0.2) is 15.0 Å². The fraction of sp³-hybridized carbons (Fsp3) is 0.583. The number of aliphatic hydroxyl groups is 2. The molecule has 2 heterocycles. The Labute approximate surface area is 120 Å². The second kappa shape index (κ2) is 5.19. The number of nitrogens with zero attached hydrogens (tertiary/aromatic N) is 4. The van der Waals surface area contributed by atoms with E-state index in [0.29, 0.717) is 29.8 Å². The number of rotatable bonds is 3. The largest absolute Gasteiger partial charge is 0.396 e. The van der Waals surface area contributed by atoms with Gasteiger partial charge in [0.2, 0.25) is 0 Å². The molecule has 20 heavy (non-hydrogen) atoms. The molecule has 1 saturated carbocycles. The molecule has 108 valence electrons. The maximum Gasteiger partial charge on any atom is 0.170 e. The van der Waals surface area contributed by atoms with Crippen LogP contribution in [0.1, 0.15) is 18.9 Å². The highest BCUT2D eigenvalue weighted by molar-refractivity contribution is 7.98. The number of thioether (sulfide) groups is 1. The SMILES string of the molecule is CSc1nc2c(N)ncnc2n1[C@@H]1C[C@H](CO)[C@H](O)C1. The Morgan fingerprint density at radius 2 is 2.25 bits per heavy atom. The molecule has 2 aromatic rings. The summed E-state index contributed by atoms with van der Waals surface area (Å²) in [4.78, 5) is 12.7. The van der Waals surface area contributed by atoms with Crippen molar-refractivity contribution >= 4 is 28.7 Å². The van der Waals surface area contributed by atoms with Crippen LogP contribution in [0.3, 0.4) is 0 Å². The van der Waals surface area contributed by atoms with Gasteiger partial charge in [-0.1, -0.05) is 11.8 Å². The van der Waals surface area contributed by atoms with Crippen molar-refractivity contribution in [2.45, 2.75) is 30.1 Å². The van der Waals surface area contributed by atoms with Crippen LogP contribution in [0.2, 0.25) is 0 Å². The number of hydrogen-bond donors (Lipinski definition) is 3. The Morgan fingerprint density at radius 3 is 2.90 bits per heavy atom. The first kappa shape index (κ1) is 13.6. The monoisotopic (exact) mass is 295 g/mol. The van der Waals surface area contributed by atoms with E-state index in [0.717, 1.165) is 5.16 Å². The summed E-state index contributed by atoms with van der Waals surface area (Å²) < 4.78 is 2.01. The van der Waals surface area contributed by atoms with Crippen molar-refractivity contribution in [3.05, 3.63) is 6.33 Å². The summed E-state index contributed by atoms with van der Waals surface area (Å²) in [5.41, 5.74) is 7.14. The van der Waals surface area contributed by atoms with Crippen LogP contribution in [0, 0.1) is 5.92 Å². The number of nitrogen functional groups attached to an aromatic ring is 1. The van der Waals surface area contributed by atoms with Crippen LogP contribution >= 0.6 is 11.8 Å². The molecule has 3 atom stereocenters. The molecule has 0 amide bonds. The molecule has 7 nitrogen and oxygen atoms in total. The lowest BCUT2D eigenvalue weighted by atomic mass is 10.1. The van der Waals surface area contributed by atoms with Gasteiger partial charge >= 0.3 is 0 Å². The minimum Gasteiger partial charge on any atom is -0.396 e. The van der Waals surface area contributed by atoms with Gasteiger partial charge in [0.25, 0.3) is 0 Å². The van der Waals surface area contributed by atoms with Crippen LogP contribution in [0.15, 0.2) is 11.5 Å². The Morgan fingerprint density at radius 1 is 1.45 bits per heavy atom.